The summed E-state index contributed by atoms with van der Waals surface area (Å²) in [5.74, 6) is 0.820. The Balaban J connectivity index is 1.20. The van der Waals surface area contributed by atoms with E-state index in [-0.39, 0.29) is 18.1 Å². The molecule has 0 N–H and O–H groups in total. The summed E-state index contributed by atoms with van der Waals surface area (Å²) in [6.07, 6.45) is 4.10. The number of aryl methyl sites for hydroxylation is 1. The van der Waals surface area contributed by atoms with E-state index in [0.29, 0.717) is 17.9 Å². The van der Waals surface area contributed by atoms with E-state index < -0.39 is 16.1 Å². The first-order valence-electron chi connectivity index (χ1n) is 11.8. The van der Waals surface area contributed by atoms with E-state index in [0.717, 1.165) is 42.9 Å². The Kier molecular flexibility index (Phi) is 8.15. The highest BCUT2D eigenvalue weighted by Crippen LogP contribution is 2.25. The summed E-state index contributed by atoms with van der Waals surface area (Å²) in [6, 6.07) is 19.8. The van der Waals surface area contributed by atoms with Crippen molar-refractivity contribution in [3.8, 4) is 0 Å². The average molecular weight is 495 g/mol. The third kappa shape index (κ3) is 6.90. The zero-order valence-corrected chi connectivity index (χ0v) is 20.6. The number of pyridine rings is 1. The topological polar surface area (TPSA) is 85.8 Å². The molecular weight excluding hydrogens is 464 g/mol. The summed E-state index contributed by atoms with van der Waals surface area (Å²) in [5, 5.41) is 0. The molecule has 0 atom stereocenters. The van der Waals surface area contributed by atoms with Crippen molar-refractivity contribution in [1.82, 2.24) is 4.98 Å². The second-order valence-corrected chi connectivity index (χ2v) is 10.4. The number of carbonyl (C=O) groups is 1. The molecule has 1 saturated heterocycles. The first kappa shape index (κ1) is 24.9. The summed E-state index contributed by atoms with van der Waals surface area (Å²) in [6.45, 7) is 3.96. The van der Waals surface area contributed by atoms with Crippen LogP contribution in [0.15, 0.2) is 77.8 Å². The van der Waals surface area contributed by atoms with E-state index in [4.69, 9.17) is 8.92 Å². The molecule has 0 unspecified atom stereocenters. The third-order valence-electron chi connectivity index (χ3n) is 6.21. The van der Waals surface area contributed by atoms with Crippen LogP contribution in [-0.4, -0.2) is 39.1 Å². The van der Waals surface area contributed by atoms with Gasteiger partial charge in [-0.05, 0) is 61.9 Å². The molecule has 0 amide bonds. The molecule has 0 saturated carbocycles. The number of hydrogen-bond donors (Lipinski definition) is 0. The molecule has 2 aromatic carbocycles. The Bertz CT molecular complexity index is 1200. The number of esters is 1. The number of piperidine rings is 1. The van der Waals surface area contributed by atoms with Gasteiger partial charge >= 0.3 is 5.97 Å². The van der Waals surface area contributed by atoms with Gasteiger partial charge in [-0.1, -0.05) is 48.0 Å². The molecule has 8 heteroatoms. The van der Waals surface area contributed by atoms with Crippen LogP contribution in [0.3, 0.4) is 0 Å². The van der Waals surface area contributed by atoms with Gasteiger partial charge in [0.2, 0.25) is 0 Å². The highest BCUT2D eigenvalue weighted by Gasteiger charge is 2.22. The van der Waals surface area contributed by atoms with E-state index in [1.165, 1.54) is 0 Å². The molecule has 7 nitrogen and oxygen atoms in total. The van der Waals surface area contributed by atoms with Crippen LogP contribution >= 0.6 is 0 Å². The van der Waals surface area contributed by atoms with Gasteiger partial charge in [0.15, 0.2) is 0 Å². The van der Waals surface area contributed by atoms with Crippen molar-refractivity contribution < 1.29 is 22.1 Å². The standard InChI is InChI=1S/C27H30N2O5S/c1-21-7-10-25(11-8-21)35(31,32)34-18-15-22-13-16-29(17-14-22)26-12-9-24(19-28-26)27(30)33-20-23-5-3-2-4-6-23/h2-12,19,22H,13-18,20H2,1H3. The van der Waals surface area contributed by atoms with Crippen LogP contribution in [0.2, 0.25) is 0 Å². The number of anilines is 1. The van der Waals surface area contributed by atoms with Crippen LogP contribution in [0.4, 0.5) is 5.82 Å². The van der Waals surface area contributed by atoms with Gasteiger partial charge in [-0.15, -0.1) is 0 Å². The second-order valence-electron chi connectivity index (χ2n) is 8.78. The quantitative estimate of drug-likeness (QED) is 0.313. The Morgan fingerprint density at radius 3 is 2.37 bits per heavy atom. The van der Waals surface area contributed by atoms with Gasteiger partial charge in [-0.3, -0.25) is 4.18 Å². The largest absolute Gasteiger partial charge is 0.457 e. The van der Waals surface area contributed by atoms with Gasteiger partial charge in [-0.25, -0.2) is 9.78 Å². The van der Waals surface area contributed by atoms with Gasteiger partial charge in [0.05, 0.1) is 17.1 Å². The van der Waals surface area contributed by atoms with Gasteiger partial charge in [0.25, 0.3) is 10.1 Å². The third-order valence-corrected chi connectivity index (χ3v) is 7.54. The number of rotatable bonds is 9. The molecule has 35 heavy (non-hydrogen) atoms. The Labute approximate surface area is 206 Å². The van der Waals surface area contributed by atoms with Crippen molar-refractivity contribution in [2.24, 2.45) is 5.92 Å². The molecule has 0 radical (unpaired) electrons. The molecule has 0 spiro atoms. The number of benzene rings is 2. The maximum absolute atomic E-state index is 12.3. The van der Waals surface area contributed by atoms with E-state index in [9.17, 15) is 13.2 Å². The minimum atomic E-state index is -3.72. The lowest BCUT2D eigenvalue weighted by Gasteiger charge is -2.32. The van der Waals surface area contributed by atoms with Crippen molar-refractivity contribution in [2.75, 3.05) is 24.6 Å². The zero-order valence-electron chi connectivity index (χ0n) is 19.8. The van der Waals surface area contributed by atoms with Crippen LogP contribution in [0, 0.1) is 12.8 Å². The van der Waals surface area contributed by atoms with Crippen molar-refractivity contribution in [3.05, 3.63) is 89.6 Å². The molecule has 1 aliphatic rings. The Morgan fingerprint density at radius 1 is 1.00 bits per heavy atom. The van der Waals surface area contributed by atoms with Gasteiger partial charge in [-0.2, -0.15) is 8.42 Å². The van der Waals surface area contributed by atoms with Gasteiger partial charge < -0.3 is 9.64 Å². The fourth-order valence-electron chi connectivity index (χ4n) is 4.05. The Hall–Kier alpha value is -3.23. The lowest BCUT2D eigenvalue weighted by molar-refractivity contribution is 0.0472. The molecule has 1 fully saturated rings. The summed E-state index contributed by atoms with van der Waals surface area (Å²) in [5.41, 5.74) is 2.36. The van der Waals surface area contributed by atoms with Crippen LogP contribution < -0.4 is 4.90 Å². The Morgan fingerprint density at radius 2 is 1.71 bits per heavy atom. The van der Waals surface area contributed by atoms with Crippen LogP contribution in [0.25, 0.3) is 0 Å². The summed E-state index contributed by atoms with van der Waals surface area (Å²) < 4.78 is 35.3. The smallest absolute Gasteiger partial charge is 0.340 e. The first-order valence-corrected chi connectivity index (χ1v) is 13.2. The van der Waals surface area contributed by atoms with E-state index in [2.05, 4.69) is 9.88 Å². The van der Waals surface area contributed by atoms with E-state index >= 15 is 0 Å². The van der Waals surface area contributed by atoms with Crippen molar-refractivity contribution in [3.63, 3.8) is 0 Å². The van der Waals surface area contributed by atoms with E-state index in [1.54, 1.807) is 36.5 Å². The maximum atomic E-state index is 12.3. The molecule has 0 aliphatic carbocycles. The molecule has 3 aromatic rings. The number of aromatic nitrogens is 1. The number of hydrogen-bond acceptors (Lipinski definition) is 7. The molecule has 0 bridgehead atoms. The van der Waals surface area contributed by atoms with Crippen molar-refractivity contribution >= 4 is 21.9 Å². The van der Waals surface area contributed by atoms with Gasteiger partial charge in [0, 0.05) is 19.3 Å². The SMILES string of the molecule is Cc1ccc(S(=O)(=O)OCCC2CCN(c3ccc(C(=O)OCc4ccccc4)cn3)CC2)cc1. The van der Waals surface area contributed by atoms with Crippen LogP contribution in [0.1, 0.15) is 40.7 Å². The average Bonchev–Trinajstić information content (AvgIpc) is 2.88. The number of ether oxygens (including phenoxy) is 1. The predicted octanol–water partition coefficient (Wildman–Crippen LogP) is 4.76. The minimum absolute atomic E-state index is 0.179. The van der Waals surface area contributed by atoms with Crippen molar-refractivity contribution in [1.29, 1.82) is 0 Å². The predicted molar refractivity (Wildman–Crippen MR) is 134 cm³/mol. The maximum Gasteiger partial charge on any atom is 0.340 e. The molecule has 184 valence electrons. The fraction of sp³-hybridized carbons (Fsp3) is 0.333. The molecule has 4 rings (SSSR count). The highest BCUT2D eigenvalue weighted by molar-refractivity contribution is 7.86. The summed E-state index contributed by atoms with van der Waals surface area (Å²) >= 11 is 0. The lowest BCUT2D eigenvalue weighted by Crippen LogP contribution is -2.34. The van der Waals surface area contributed by atoms with Crippen LogP contribution in [-0.2, 0) is 25.6 Å². The normalized spacial score (nSPS) is 14.6. The monoisotopic (exact) mass is 494 g/mol. The summed E-state index contributed by atoms with van der Waals surface area (Å²) in [7, 11) is -3.72. The fourth-order valence-corrected chi connectivity index (χ4v) is 4.97. The first-order chi connectivity index (χ1) is 16.9. The van der Waals surface area contributed by atoms with E-state index in [1.807, 2.05) is 43.3 Å². The summed E-state index contributed by atoms with van der Waals surface area (Å²) in [4.78, 5) is 19.1. The molecule has 1 aliphatic heterocycles. The number of carbonyl (C=O) groups excluding carboxylic acids is 1. The number of nitrogens with zero attached hydrogens (tertiary/aromatic N) is 2. The van der Waals surface area contributed by atoms with Gasteiger partial charge in [0.1, 0.15) is 12.4 Å². The van der Waals surface area contributed by atoms with Crippen molar-refractivity contribution in [2.45, 2.75) is 37.7 Å². The lowest BCUT2D eigenvalue weighted by atomic mass is 9.94. The molecule has 1 aromatic heterocycles. The molecular formula is C27H30N2O5S. The zero-order chi connectivity index (χ0) is 24.7. The highest BCUT2D eigenvalue weighted by atomic mass is 32.2. The second kappa shape index (κ2) is 11.5. The van der Waals surface area contributed by atoms with Crippen LogP contribution in [0.5, 0.6) is 0 Å². The molecule has 2 heterocycles. The minimum Gasteiger partial charge on any atom is -0.457 e.